The molecule has 24 nitrogen and oxygen atoms in total. The summed E-state index contributed by atoms with van der Waals surface area (Å²) >= 11 is 6.66. The Morgan fingerprint density at radius 1 is 0.728 bits per heavy atom. The molecule has 7 atom stereocenters. The number of benzene rings is 3. The first-order chi connectivity index (χ1) is 38.8. The van der Waals surface area contributed by atoms with Gasteiger partial charge in [-0.1, -0.05) is 78.3 Å². The van der Waals surface area contributed by atoms with E-state index in [1.807, 2.05) is 30.3 Å². The summed E-state index contributed by atoms with van der Waals surface area (Å²) in [6, 6.07) is 16.1. The van der Waals surface area contributed by atoms with Crippen LogP contribution in [0.1, 0.15) is 87.8 Å². The second-order valence-corrected chi connectivity index (χ2v) is 20.3. The van der Waals surface area contributed by atoms with Gasteiger partial charge in [0.1, 0.15) is 30.0 Å². The highest BCUT2D eigenvalue weighted by Crippen LogP contribution is 2.27. The maximum absolute atomic E-state index is 15.0. The molecule has 1 aliphatic rings. The molecular weight excluding hydrogens is 1060 g/mol. The number of para-hydroxylation sites is 1. The van der Waals surface area contributed by atoms with Crippen molar-refractivity contribution in [2.75, 3.05) is 26.2 Å². The van der Waals surface area contributed by atoms with E-state index < -0.39 is 108 Å². The fraction of sp³-hybridized carbons (Fsp3) is 0.446. The Bertz CT molecular complexity index is 2870. The Morgan fingerprint density at radius 3 is 2.10 bits per heavy atom. The average Bonchev–Trinajstić information content (AvgIpc) is 3.84. The van der Waals surface area contributed by atoms with Crippen molar-refractivity contribution in [1.29, 1.82) is 0 Å². The minimum absolute atomic E-state index is 0.00865. The maximum Gasteiger partial charge on any atom is 0.245 e. The summed E-state index contributed by atoms with van der Waals surface area (Å²) < 4.78 is 6.02. The largest absolute Gasteiger partial charge is 0.374 e. The number of amides is 7. The Balaban J connectivity index is 1.57. The second kappa shape index (κ2) is 32.6. The molecule has 1 fully saturated rings. The number of guanidine groups is 2. The van der Waals surface area contributed by atoms with Crippen LogP contribution in [0, 0.1) is 11.8 Å². The first kappa shape index (κ1) is 63.5. The summed E-state index contributed by atoms with van der Waals surface area (Å²) in [6.07, 6.45) is 0.793. The van der Waals surface area contributed by atoms with E-state index in [1.165, 1.54) is 6.92 Å². The predicted octanol–water partition coefficient (Wildman–Crippen LogP) is 0.701. The molecule has 81 heavy (non-hydrogen) atoms. The van der Waals surface area contributed by atoms with Crippen molar-refractivity contribution in [1.82, 2.24) is 36.9 Å². The summed E-state index contributed by atoms with van der Waals surface area (Å²) in [5, 5.41) is 17.2. The van der Waals surface area contributed by atoms with Gasteiger partial charge in [-0.3, -0.25) is 53.1 Å². The smallest absolute Gasteiger partial charge is 0.245 e. The molecule has 1 saturated heterocycles. The van der Waals surface area contributed by atoms with Crippen LogP contribution in [-0.2, 0) is 67.3 Å². The van der Waals surface area contributed by atoms with Crippen LogP contribution in [0.25, 0.3) is 10.9 Å². The van der Waals surface area contributed by atoms with Gasteiger partial charge in [0, 0.05) is 86.2 Å². The second-order valence-electron chi connectivity index (χ2n) is 19.9. The number of ketones is 2. The quantitative estimate of drug-likeness (QED) is 0.0330. The van der Waals surface area contributed by atoms with Crippen LogP contribution in [0.5, 0.6) is 0 Å². The molecule has 7 amide bonds. The number of nitrogens with one attached hydrogen (secondary N) is 7. The van der Waals surface area contributed by atoms with E-state index in [9.17, 15) is 43.2 Å². The number of primary amides is 1. The van der Waals surface area contributed by atoms with E-state index >= 15 is 0 Å². The Kier molecular flexibility index (Phi) is 25.6. The number of nitrogens with two attached hydrogens (primary N) is 5. The lowest BCUT2D eigenvalue weighted by molar-refractivity contribution is -0.136. The Morgan fingerprint density at radius 2 is 1.40 bits per heavy atom. The van der Waals surface area contributed by atoms with E-state index in [0.29, 0.717) is 11.1 Å². The zero-order valence-corrected chi connectivity index (χ0v) is 46.1. The molecule has 0 bridgehead atoms. The van der Waals surface area contributed by atoms with Gasteiger partial charge in [0.25, 0.3) is 0 Å². The van der Waals surface area contributed by atoms with Gasteiger partial charge in [-0.2, -0.15) is 0 Å². The fourth-order valence-electron chi connectivity index (χ4n) is 9.30. The summed E-state index contributed by atoms with van der Waals surface area (Å²) in [6.45, 7) is 0.939. The van der Waals surface area contributed by atoms with Crippen LogP contribution < -0.4 is 60.6 Å². The molecule has 1 aromatic heterocycles. The van der Waals surface area contributed by atoms with Gasteiger partial charge in [0.2, 0.25) is 41.4 Å². The number of aromatic nitrogens is 1. The summed E-state index contributed by atoms with van der Waals surface area (Å²) in [5.41, 5.74) is 30.7. The van der Waals surface area contributed by atoms with Crippen LogP contribution in [0.2, 0.25) is 5.02 Å². The van der Waals surface area contributed by atoms with E-state index in [-0.39, 0.29) is 114 Å². The molecule has 0 saturated carbocycles. The van der Waals surface area contributed by atoms with Crippen molar-refractivity contribution < 1.29 is 47.9 Å². The SMILES string of the molecule is CC(=O)N[C@@H](CCCN=C(N)N)C(=O)N[C@H]1CCC(=O)NCCC[C@@H](C(N)=O)NC(=O)[C@H](Cc2c[nH]c3ccccc23)CC(=O)[C@H](CCCN=C(N)N)CC(=O)[C@@H](Cc2ccccc2Cl)NC(=O)[C@H](COCc2ccccc2)NC1=O. The number of nitrogens with zero attached hydrogens (tertiary/aromatic N) is 2. The van der Waals surface area contributed by atoms with Gasteiger partial charge in [0.15, 0.2) is 17.7 Å². The summed E-state index contributed by atoms with van der Waals surface area (Å²) in [5.74, 6) is -8.87. The van der Waals surface area contributed by atoms with Gasteiger partial charge in [0.05, 0.1) is 19.3 Å². The first-order valence-electron chi connectivity index (χ1n) is 26.9. The third-order valence-electron chi connectivity index (χ3n) is 13.6. The van der Waals surface area contributed by atoms with Crippen LogP contribution >= 0.6 is 11.6 Å². The molecule has 2 heterocycles. The van der Waals surface area contributed by atoms with Crippen molar-refractivity contribution in [2.24, 2.45) is 50.5 Å². The third kappa shape index (κ3) is 21.7. The number of Topliss-reactive ketones (excluding diaryl/α,β-unsaturated/α-hetero) is 2. The number of fused-ring (bicyclic) bond motifs is 1. The minimum Gasteiger partial charge on any atom is -0.374 e. The number of carbonyl (C=O) groups is 9. The molecule has 0 unspecified atom stereocenters. The molecule has 436 valence electrons. The normalized spacial score (nSPS) is 20.6. The average molecular weight is 1140 g/mol. The molecule has 5 rings (SSSR count). The van der Waals surface area contributed by atoms with Crippen LogP contribution in [0.15, 0.2) is 95.0 Å². The molecule has 17 N–H and O–H groups in total. The monoisotopic (exact) mass is 1140 g/mol. The van der Waals surface area contributed by atoms with Gasteiger partial charge in [-0.25, -0.2) is 0 Å². The summed E-state index contributed by atoms with van der Waals surface area (Å²) in [4.78, 5) is 138. The van der Waals surface area contributed by atoms with E-state index in [0.717, 1.165) is 16.5 Å². The lowest BCUT2D eigenvalue weighted by Gasteiger charge is -2.27. The predicted molar refractivity (Wildman–Crippen MR) is 305 cm³/mol. The van der Waals surface area contributed by atoms with Crippen LogP contribution in [0.3, 0.4) is 0 Å². The van der Waals surface area contributed by atoms with Crippen LogP contribution in [0.4, 0.5) is 0 Å². The van der Waals surface area contributed by atoms with E-state index in [1.54, 1.807) is 54.7 Å². The van der Waals surface area contributed by atoms with Crippen molar-refractivity contribution >= 4 is 87.3 Å². The third-order valence-corrected chi connectivity index (χ3v) is 13.9. The summed E-state index contributed by atoms with van der Waals surface area (Å²) in [7, 11) is 0. The lowest BCUT2D eigenvalue weighted by Crippen LogP contribution is -2.59. The molecule has 4 aromatic rings. The number of ether oxygens (including phenoxy) is 1. The Labute approximate surface area is 474 Å². The molecular formula is C56H75ClN14O10. The molecule has 0 spiro atoms. The number of hydrogen-bond donors (Lipinski definition) is 12. The number of rotatable bonds is 20. The van der Waals surface area contributed by atoms with Crippen molar-refractivity contribution in [2.45, 2.75) is 121 Å². The zero-order chi connectivity index (χ0) is 58.8. The highest BCUT2D eigenvalue weighted by Gasteiger charge is 2.36. The first-order valence-corrected chi connectivity index (χ1v) is 27.3. The standard InChI is InChI=1S/C56H75ClN14O10/c1-33(72)67-43(20-11-25-65-56(61)62)52(78)69-44-21-22-49(75)63-23-10-19-42(50(58)76)68-51(77)37(26-38-30-66-41-18-8-6-16-39(38)41)29-47(73)36(15-9-24-64-55(59)60)28-48(74)45(27-35-14-5-7-17-40(35)57)70-54(80)46(71-53(44)79)32-81-31-34-12-3-2-4-13-34/h2-8,12-14,16-18,30,36-37,42-46,66H,9-11,15,19-29,31-32H2,1H3,(H2,58,76)(H,63,75)(H,67,72)(H,68,77)(H,69,78)(H,70,80)(H,71,79)(H4,59,60,64)(H4,61,62,65)/t36-,37-,42+,43+,44+,45-,46+/m1/s1. The van der Waals surface area contributed by atoms with E-state index in [2.05, 4.69) is 46.9 Å². The van der Waals surface area contributed by atoms with Crippen molar-refractivity contribution in [3.63, 3.8) is 0 Å². The molecule has 1 aliphatic heterocycles. The number of halogens is 1. The number of aliphatic imine (C=N–C) groups is 2. The van der Waals surface area contributed by atoms with Crippen LogP contribution in [-0.4, -0.2) is 126 Å². The molecule has 0 aliphatic carbocycles. The van der Waals surface area contributed by atoms with Gasteiger partial charge < -0.3 is 70.3 Å². The van der Waals surface area contributed by atoms with Gasteiger partial charge in [-0.15, -0.1) is 0 Å². The van der Waals surface area contributed by atoms with Gasteiger partial charge >= 0.3 is 0 Å². The molecule has 25 heteroatoms. The van der Waals surface area contributed by atoms with E-state index in [4.69, 9.17) is 45.0 Å². The van der Waals surface area contributed by atoms with Crippen molar-refractivity contribution in [3.05, 3.63) is 107 Å². The lowest BCUT2D eigenvalue weighted by atomic mass is 9.83. The Hall–Kier alpha value is -8.38. The zero-order valence-electron chi connectivity index (χ0n) is 45.4. The number of aromatic amines is 1. The molecule has 3 aromatic carbocycles. The van der Waals surface area contributed by atoms with Crippen molar-refractivity contribution in [3.8, 4) is 0 Å². The highest BCUT2D eigenvalue weighted by molar-refractivity contribution is 6.31. The van der Waals surface area contributed by atoms with Gasteiger partial charge in [-0.05, 0) is 80.2 Å². The highest BCUT2D eigenvalue weighted by atomic mass is 35.5. The molecule has 0 radical (unpaired) electrons. The fourth-order valence-corrected chi connectivity index (χ4v) is 9.51. The number of hydrogen-bond acceptors (Lipinski definition) is 12. The topological polar surface area (TPSA) is 406 Å². The minimum atomic E-state index is -1.55. The number of carbonyl (C=O) groups excluding carboxylic acids is 9. The number of H-pyrrole nitrogens is 1. The maximum atomic E-state index is 15.0.